The Hall–Kier alpha value is -4.07. The van der Waals surface area contributed by atoms with E-state index < -0.39 is 41.2 Å². The monoisotopic (exact) mass is 447 g/mol. The van der Waals surface area contributed by atoms with Crippen LogP contribution < -0.4 is 10.4 Å². The molecule has 0 radical (unpaired) electrons. The molecule has 1 atom stereocenters. The summed E-state index contributed by atoms with van der Waals surface area (Å²) in [6, 6.07) is 9.42. The first-order chi connectivity index (χ1) is 15.6. The van der Waals surface area contributed by atoms with Crippen LogP contribution in [0.25, 0.3) is 11.0 Å². The number of benzene rings is 2. The number of rotatable bonds is 5. The molecule has 8 nitrogen and oxygen atoms in total. The molecule has 0 saturated carbocycles. The summed E-state index contributed by atoms with van der Waals surface area (Å²) in [5, 5.41) is 0.528. The van der Waals surface area contributed by atoms with Gasteiger partial charge in [0, 0.05) is 11.5 Å². The van der Waals surface area contributed by atoms with Gasteiger partial charge in [0.25, 0.3) is 11.8 Å². The Labute approximate surface area is 188 Å². The molecule has 1 aliphatic heterocycles. The predicted molar refractivity (Wildman–Crippen MR) is 118 cm³/mol. The number of esters is 1. The predicted octanol–water partition coefficient (Wildman–Crippen LogP) is 3.53. The van der Waals surface area contributed by atoms with Gasteiger partial charge in [-0.2, -0.15) is 0 Å². The summed E-state index contributed by atoms with van der Waals surface area (Å²) >= 11 is 0. The third-order valence-corrected chi connectivity index (χ3v) is 5.62. The van der Waals surface area contributed by atoms with Gasteiger partial charge in [0.05, 0.1) is 11.1 Å². The van der Waals surface area contributed by atoms with Crippen molar-refractivity contribution in [3.8, 4) is 5.75 Å². The molecule has 2 amide bonds. The highest BCUT2D eigenvalue weighted by Crippen LogP contribution is 2.32. The van der Waals surface area contributed by atoms with Crippen molar-refractivity contribution in [3.63, 3.8) is 0 Å². The summed E-state index contributed by atoms with van der Waals surface area (Å²) in [6.45, 7) is 6.33. The molecule has 168 valence electrons. The molecule has 0 saturated heterocycles. The summed E-state index contributed by atoms with van der Waals surface area (Å²) in [7, 11) is 0. The van der Waals surface area contributed by atoms with E-state index in [9.17, 15) is 24.0 Å². The fourth-order valence-electron chi connectivity index (χ4n) is 4.09. The Balaban J connectivity index is 1.76. The quantitative estimate of drug-likeness (QED) is 0.193. The lowest BCUT2D eigenvalue weighted by Crippen LogP contribution is -2.49. The Morgan fingerprint density at radius 1 is 0.970 bits per heavy atom. The number of Topliss-reactive ketones (excluding diaryl/α,β-unsaturated/α-hetero) is 1. The number of imide groups is 1. The van der Waals surface area contributed by atoms with Crippen LogP contribution in [0, 0.1) is 12.8 Å². The SMILES string of the molecule is CC(=O)c1c(OC(=O)C(C(C)C)N2C(=O)c3ccccc3C2=O)ccc2c(C)cc(=O)oc12. The Morgan fingerprint density at radius 3 is 2.12 bits per heavy atom. The highest BCUT2D eigenvalue weighted by Gasteiger charge is 2.45. The summed E-state index contributed by atoms with van der Waals surface area (Å²) in [6.07, 6.45) is 0. The molecule has 0 aliphatic carbocycles. The highest BCUT2D eigenvalue weighted by atomic mass is 16.5. The fraction of sp³-hybridized carbons (Fsp3) is 0.240. The Bertz CT molecular complexity index is 1360. The van der Waals surface area contributed by atoms with Crippen molar-refractivity contribution >= 4 is 34.5 Å². The Kier molecular flexibility index (Phi) is 5.45. The van der Waals surface area contributed by atoms with Crippen LogP contribution in [0.15, 0.2) is 51.7 Å². The molecule has 0 N–H and O–H groups in total. The Morgan fingerprint density at radius 2 is 1.58 bits per heavy atom. The summed E-state index contributed by atoms with van der Waals surface area (Å²) in [5.41, 5.74) is 0.345. The molecule has 8 heteroatoms. The van der Waals surface area contributed by atoms with Crippen LogP contribution in [0.2, 0.25) is 0 Å². The first kappa shape index (κ1) is 22.1. The van der Waals surface area contributed by atoms with Crippen molar-refractivity contribution in [2.45, 2.75) is 33.7 Å². The van der Waals surface area contributed by atoms with Gasteiger partial charge in [-0.05, 0) is 49.6 Å². The zero-order valence-electron chi connectivity index (χ0n) is 18.5. The number of fused-ring (bicyclic) bond motifs is 2. The van der Waals surface area contributed by atoms with E-state index in [1.54, 1.807) is 39.0 Å². The topological polar surface area (TPSA) is 111 Å². The van der Waals surface area contributed by atoms with E-state index in [4.69, 9.17) is 9.15 Å². The maximum absolute atomic E-state index is 13.3. The van der Waals surface area contributed by atoms with Crippen molar-refractivity contribution in [1.29, 1.82) is 0 Å². The zero-order valence-corrected chi connectivity index (χ0v) is 18.5. The van der Waals surface area contributed by atoms with Crippen LogP contribution in [0.1, 0.15) is 57.4 Å². The highest BCUT2D eigenvalue weighted by molar-refractivity contribution is 6.22. The van der Waals surface area contributed by atoms with E-state index in [1.807, 2.05) is 0 Å². The number of carbonyl (C=O) groups is 4. The largest absolute Gasteiger partial charge is 0.424 e. The number of carbonyl (C=O) groups excluding carboxylic acids is 4. The molecule has 2 aromatic carbocycles. The molecule has 0 spiro atoms. The number of aryl methyl sites for hydroxylation is 1. The lowest BCUT2D eigenvalue weighted by molar-refractivity contribution is -0.140. The first-order valence-electron chi connectivity index (χ1n) is 10.4. The normalized spacial score (nSPS) is 14.0. The van der Waals surface area contributed by atoms with E-state index in [0.717, 1.165) is 4.90 Å². The molecule has 33 heavy (non-hydrogen) atoms. The second-order valence-corrected chi connectivity index (χ2v) is 8.26. The minimum absolute atomic E-state index is 0.0135. The molecule has 0 bridgehead atoms. The zero-order chi connectivity index (χ0) is 24.0. The van der Waals surface area contributed by atoms with Gasteiger partial charge >= 0.3 is 11.6 Å². The van der Waals surface area contributed by atoms with Crippen molar-refractivity contribution in [2.24, 2.45) is 5.92 Å². The summed E-state index contributed by atoms with van der Waals surface area (Å²) in [4.78, 5) is 64.3. The van der Waals surface area contributed by atoms with E-state index >= 15 is 0 Å². The summed E-state index contributed by atoms with van der Waals surface area (Å²) < 4.78 is 10.8. The van der Waals surface area contributed by atoms with E-state index in [2.05, 4.69) is 0 Å². The number of ketones is 1. The van der Waals surface area contributed by atoms with Crippen molar-refractivity contribution < 1.29 is 28.3 Å². The van der Waals surface area contributed by atoms with Gasteiger partial charge < -0.3 is 9.15 Å². The lowest BCUT2D eigenvalue weighted by Gasteiger charge is -2.27. The van der Waals surface area contributed by atoms with Crippen LogP contribution in [0.3, 0.4) is 0 Å². The minimum atomic E-state index is -1.22. The van der Waals surface area contributed by atoms with Crippen LogP contribution in [0.4, 0.5) is 0 Å². The van der Waals surface area contributed by atoms with Crippen molar-refractivity contribution in [1.82, 2.24) is 4.90 Å². The minimum Gasteiger partial charge on any atom is -0.424 e. The van der Waals surface area contributed by atoms with Crippen LogP contribution >= 0.6 is 0 Å². The van der Waals surface area contributed by atoms with Crippen LogP contribution in [-0.2, 0) is 4.79 Å². The third-order valence-electron chi connectivity index (χ3n) is 5.62. The first-order valence-corrected chi connectivity index (χ1v) is 10.4. The van der Waals surface area contributed by atoms with Gasteiger partial charge in [-0.1, -0.05) is 26.0 Å². The number of hydrogen-bond donors (Lipinski definition) is 0. The van der Waals surface area contributed by atoms with Gasteiger partial charge in [0.1, 0.15) is 17.4 Å². The average molecular weight is 447 g/mol. The molecule has 1 aliphatic rings. The molecule has 3 aromatic rings. The summed E-state index contributed by atoms with van der Waals surface area (Å²) in [5.74, 6) is -3.11. The average Bonchev–Trinajstić information content (AvgIpc) is 2.98. The second-order valence-electron chi connectivity index (χ2n) is 8.26. The molecule has 4 rings (SSSR count). The fourth-order valence-corrected chi connectivity index (χ4v) is 4.09. The standard InChI is InChI=1S/C25H21NO7/c1-12(2)21(26-23(29)16-7-5-6-8-17(16)24(26)30)25(31)32-18-10-9-15-13(3)11-19(28)33-22(15)20(18)14(4)27/h5-12,21H,1-4H3. The number of ether oxygens (including phenoxy) is 1. The molecular formula is C25H21NO7. The smallest absolute Gasteiger partial charge is 0.336 e. The van der Waals surface area contributed by atoms with Crippen LogP contribution in [0.5, 0.6) is 5.75 Å². The van der Waals surface area contributed by atoms with Crippen LogP contribution in [-0.4, -0.2) is 34.5 Å². The van der Waals surface area contributed by atoms with E-state index in [0.29, 0.717) is 10.9 Å². The molecule has 1 aromatic heterocycles. The molecule has 0 fully saturated rings. The van der Waals surface area contributed by atoms with Gasteiger partial charge in [0.2, 0.25) is 0 Å². The third kappa shape index (κ3) is 3.63. The van der Waals surface area contributed by atoms with Gasteiger partial charge in [0.15, 0.2) is 11.4 Å². The molecule has 1 unspecified atom stereocenters. The van der Waals surface area contributed by atoms with Gasteiger partial charge in [-0.3, -0.25) is 19.3 Å². The van der Waals surface area contributed by atoms with Gasteiger partial charge in [-0.15, -0.1) is 0 Å². The molecular weight excluding hydrogens is 426 g/mol. The maximum atomic E-state index is 13.3. The second kappa shape index (κ2) is 8.12. The van der Waals surface area contributed by atoms with E-state index in [1.165, 1.54) is 31.2 Å². The molecule has 2 heterocycles. The van der Waals surface area contributed by atoms with Crippen molar-refractivity contribution in [2.75, 3.05) is 0 Å². The number of amides is 2. The van der Waals surface area contributed by atoms with Gasteiger partial charge in [-0.25, -0.2) is 9.59 Å². The maximum Gasteiger partial charge on any atom is 0.336 e. The number of hydrogen-bond acceptors (Lipinski definition) is 7. The number of nitrogens with zero attached hydrogens (tertiary/aromatic N) is 1. The van der Waals surface area contributed by atoms with Crippen molar-refractivity contribution in [3.05, 3.63) is 75.1 Å². The lowest BCUT2D eigenvalue weighted by atomic mass is 10.0. The van der Waals surface area contributed by atoms with E-state index in [-0.39, 0.29) is 28.0 Å².